The van der Waals surface area contributed by atoms with Crippen LogP contribution in [-0.4, -0.2) is 35.3 Å². The van der Waals surface area contributed by atoms with Crippen molar-refractivity contribution in [2.24, 2.45) is 5.92 Å². The zero-order chi connectivity index (χ0) is 11.1. The molecule has 14 heavy (non-hydrogen) atoms. The summed E-state index contributed by atoms with van der Waals surface area (Å²) in [5.41, 5.74) is 0. The molecule has 0 fully saturated rings. The molecule has 0 spiro atoms. The first kappa shape index (κ1) is 13.3. The highest BCUT2D eigenvalue weighted by Crippen LogP contribution is 2.11. The summed E-state index contributed by atoms with van der Waals surface area (Å²) in [5, 5.41) is 22.9. The van der Waals surface area contributed by atoms with Gasteiger partial charge in [0, 0.05) is 11.0 Å². The van der Waals surface area contributed by atoms with Crippen LogP contribution >= 0.6 is 0 Å². The molecule has 0 aromatic rings. The fraction of sp³-hybridized carbons (Fsp3) is 1.00. The van der Waals surface area contributed by atoms with Crippen molar-refractivity contribution in [3.05, 3.63) is 10.1 Å². The van der Waals surface area contributed by atoms with Gasteiger partial charge in [-0.25, -0.2) is 0 Å². The Bertz CT molecular complexity index is 175. The van der Waals surface area contributed by atoms with Gasteiger partial charge >= 0.3 is 0 Å². The third kappa shape index (κ3) is 4.53. The van der Waals surface area contributed by atoms with Crippen molar-refractivity contribution in [3.8, 4) is 0 Å². The molecule has 0 aliphatic rings. The van der Waals surface area contributed by atoms with Crippen molar-refractivity contribution >= 4 is 0 Å². The van der Waals surface area contributed by atoms with E-state index in [2.05, 4.69) is 5.32 Å². The highest BCUT2D eigenvalue weighted by atomic mass is 16.6. The zero-order valence-electron chi connectivity index (χ0n) is 9.06. The molecule has 0 aromatic carbocycles. The van der Waals surface area contributed by atoms with Crippen molar-refractivity contribution in [2.75, 3.05) is 13.1 Å². The van der Waals surface area contributed by atoms with Crippen LogP contribution in [0.4, 0.5) is 0 Å². The van der Waals surface area contributed by atoms with Gasteiger partial charge in [0.1, 0.15) is 6.10 Å². The Morgan fingerprint density at radius 1 is 1.50 bits per heavy atom. The molecule has 0 saturated heterocycles. The number of nitrogens with zero attached hydrogens (tertiary/aromatic N) is 1. The summed E-state index contributed by atoms with van der Waals surface area (Å²) in [6.07, 6.45) is -0.00759. The molecule has 0 rings (SSSR count). The van der Waals surface area contributed by atoms with Crippen LogP contribution in [0.25, 0.3) is 0 Å². The van der Waals surface area contributed by atoms with E-state index in [9.17, 15) is 15.2 Å². The fourth-order valence-electron chi connectivity index (χ4n) is 1.47. The third-order valence-corrected chi connectivity index (χ3v) is 2.45. The molecule has 2 N–H and O–H groups in total. The second-order valence-electron chi connectivity index (χ2n) is 3.55. The molecule has 0 aliphatic heterocycles. The van der Waals surface area contributed by atoms with Crippen LogP contribution in [-0.2, 0) is 0 Å². The molecule has 0 radical (unpaired) electrons. The lowest BCUT2D eigenvalue weighted by Crippen LogP contribution is -2.47. The lowest BCUT2D eigenvalue weighted by Gasteiger charge is -2.26. The maximum absolute atomic E-state index is 10.2. The second-order valence-corrected chi connectivity index (χ2v) is 3.55. The van der Waals surface area contributed by atoms with Gasteiger partial charge in [0.05, 0.1) is 0 Å². The monoisotopic (exact) mass is 204 g/mol. The Balaban J connectivity index is 4.23. The van der Waals surface area contributed by atoms with Crippen LogP contribution in [0.2, 0.25) is 0 Å². The molecular formula is C9H20N2O3. The summed E-state index contributed by atoms with van der Waals surface area (Å²) in [6, 6.07) is -0.185. The highest BCUT2D eigenvalue weighted by Gasteiger charge is 2.26. The number of likely N-dealkylation sites (N-methyl/N-ethyl adjacent to an activating group) is 1. The summed E-state index contributed by atoms with van der Waals surface area (Å²) >= 11 is 0. The van der Waals surface area contributed by atoms with E-state index in [1.54, 1.807) is 0 Å². The summed E-state index contributed by atoms with van der Waals surface area (Å²) in [7, 11) is 0. The Morgan fingerprint density at radius 2 is 2.07 bits per heavy atom. The molecule has 84 valence electrons. The van der Waals surface area contributed by atoms with Crippen molar-refractivity contribution < 1.29 is 10.0 Å². The van der Waals surface area contributed by atoms with Crippen molar-refractivity contribution in [2.45, 2.75) is 39.3 Å². The Labute approximate surface area is 84.7 Å². The molecule has 0 heterocycles. The van der Waals surface area contributed by atoms with Crippen molar-refractivity contribution in [1.29, 1.82) is 0 Å². The van der Waals surface area contributed by atoms with Gasteiger partial charge in [-0.2, -0.15) is 0 Å². The smallest absolute Gasteiger partial charge is 0.230 e. The molecule has 5 heteroatoms. The van der Waals surface area contributed by atoms with E-state index in [0.717, 1.165) is 6.42 Å². The Hall–Kier alpha value is -0.680. The fourth-order valence-corrected chi connectivity index (χ4v) is 1.47. The topological polar surface area (TPSA) is 75.4 Å². The largest absolute Gasteiger partial charge is 0.385 e. The maximum atomic E-state index is 10.2. The van der Waals surface area contributed by atoms with Gasteiger partial charge in [-0.05, 0) is 12.5 Å². The third-order valence-electron chi connectivity index (χ3n) is 2.45. The Morgan fingerprint density at radius 3 is 2.43 bits per heavy atom. The van der Waals surface area contributed by atoms with E-state index < -0.39 is 11.0 Å². The van der Waals surface area contributed by atoms with E-state index in [1.807, 2.05) is 20.8 Å². The minimum absolute atomic E-state index is 0.185. The van der Waals surface area contributed by atoms with E-state index in [0.29, 0.717) is 6.54 Å². The summed E-state index contributed by atoms with van der Waals surface area (Å²) in [6.45, 7) is 6.24. The molecule has 0 bridgehead atoms. The van der Waals surface area contributed by atoms with E-state index in [4.69, 9.17) is 0 Å². The summed E-state index contributed by atoms with van der Waals surface area (Å²) < 4.78 is 0. The van der Waals surface area contributed by atoms with Crippen LogP contribution in [0.15, 0.2) is 0 Å². The first-order valence-electron chi connectivity index (χ1n) is 5.06. The van der Waals surface area contributed by atoms with Crippen LogP contribution in [0, 0.1) is 16.0 Å². The molecule has 0 aromatic heterocycles. The van der Waals surface area contributed by atoms with Crippen LogP contribution in [0.3, 0.4) is 0 Å². The Kier molecular flexibility index (Phi) is 6.40. The molecule has 3 atom stereocenters. The molecule has 0 aliphatic carbocycles. The van der Waals surface area contributed by atoms with Gasteiger partial charge in [-0.3, -0.25) is 10.1 Å². The average molecular weight is 204 g/mol. The van der Waals surface area contributed by atoms with Crippen molar-refractivity contribution in [3.63, 3.8) is 0 Å². The predicted molar refractivity (Wildman–Crippen MR) is 54.8 cm³/mol. The normalized spacial score (nSPS) is 17.4. The summed E-state index contributed by atoms with van der Waals surface area (Å²) in [4.78, 5) is 9.77. The second kappa shape index (κ2) is 6.73. The first-order valence-corrected chi connectivity index (χ1v) is 5.06. The van der Waals surface area contributed by atoms with Gasteiger partial charge in [0.2, 0.25) is 6.54 Å². The minimum Gasteiger partial charge on any atom is -0.385 e. The van der Waals surface area contributed by atoms with Crippen LogP contribution < -0.4 is 5.32 Å². The number of rotatable bonds is 7. The predicted octanol–water partition coefficient (Wildman–Crippen LogP) is 0.648. The van der Waals surface area contributed by atoms with Gasteiger partial charge in [-0.15, -0.1) is 0 Å². The molecular weight excluding hydrogens is 184 g/mol. The highest BCUT2D eigenvalue weighted by molar-refractivity contribution is 4.79. The number of nitro groups is 1. The number of aliphatic hydroxyl groups excluding tert-OH is 1. The first-order chi connectivity index (χ1) is 6.52. The number of nitrogens with one attached hydrogen (secondary N) is 1. The van der Waals surface area contributed by atoms with E-state index in [1.165, 1.54) is 0 Å². The van der Waals surface area contributed by atoms with Gasteiger partial charge in [0.15, 0.2) is 0 Å². The van der Waals surface area contributed by atoms with E-state index in [-0.39, 0.29) is 18.5 Å². The lowest BCUT2D eigenvalue weighted by atomic mass is 9.94. The van der Waals surface area contributed by atoms with Crippen LogP contribution in [0.1, 0.15) is 27.2 Å². The van der Waals surface area contributed by atoms with Gasteiger partial charge < -0.3 is 10.4 Å². The molecule has 5 nitrogen and oxygen atoms in total. The van der Waals surface area contributed by atoms with Gasteiger partial charge in [0.25, 0.3) is 0 Å². The lowest BCUT2D eigenvalue weighted by molar-refractivity contribution is -0.491. The number of hydrogen-bond acceptors (Lipinski definition) is 4. The summed E-state index contributed by atoms with van der Waals surface area (Å²) in [5.74, 6) is 0.241. The maximum Gasteiger partial charge on any atom is 0.230 e. The van der Waals surface area contributed by atoms with Crippen LogP contribution in [0.5, 0.6) is 0 Å². The quantitative estimate of drug-likeness (QED) is 0.471. The van der Waals surface area contributed by atoms with E-state index >= 15 is 0 Å². The zero-order valence-corrected chi connectivity index (χ0v) is 9.06. The average Bonchev–Trinajstić information content (AvgIpc) is 2.11. The molecule has 3 unspecified atom stereocenters. The number of hydrogen-bond donors (Lipinski definition) is 2. The molecule has 0 amide bonds. The number of aliphatic hydroxyl groups is 1. The SMILES string of the molecule is CCNC(C(C)CC)C(O)C[N+](=O)[O-]. The minimum atomic E-state index is -0.903. The van der Waals surface area contributed by atoms with Crippen molar-refractivity contribution in [1.82, 2.24) is 5.32 Å². The molecule has 0 saturated carbocycles. The van der Waals surface area contributed by atoms with Gasteiger partial charge in [-0.1, -0.05) is 27.2 Å². The standard InChI is InChI=1S/C9H20N2O3/c1-4-7(3)9(10-5-2)8(12)6-11(13)14/h7-10,12H,4-6H2,1-3H3.